The average Bonchev–Trinajstić information content (AvgIpc) is 2.15. The van der Waals surface area contributed by atoms with Crippen LogP contribution < -0.4 is 11.1 Å². The zero-order valence-electron chi connectivity index (χ0n) is 9.68. The van der Waals surface area contributed by atoms with E-state index in [0.29, 0.717) is 12.5 Å². The molecule has 3 N–H and O–H groups in total. The number of nitrogens with one attached hydrogen (secondary N) is 1. The smallest absolute Gasteiger partial charge is 0.222 e. The summed E-state index contributed by atoms with van der Waals surface area (Å²) >= 11 is 0. The highest BCUT2D eigenvalue weighted by Crippen LogP contribution is 2.05. The number of hydrogen-bond donors (Lipinski definition) is 2. The van der Waals surface area contributed by atoms with Crippen molar-refractivity contribution in [2.75, 3.05) is 13.1 Å². The van der Waals surface area contributed by atoms with Crippen molar-refractivity contribution < 1.29 is 4.79 Å². The number of hydrogen-bond acceptors (Lipinski definition) is 2. The summed E-state index contributed by atoms with van der Waals surface area (Å²) in [7, 11) is 0. The Balaban J connectivity index is 3.61. The fourth-order valence-corrected chi connectivity index (χ4v) is 1.40. The molecule has 0 radical (unpaired) electrons. The van der Waals surface area contributed by atoms with Crippen LogP contribution in [0.5, 0.6) is 0 Å². The third-order valence-corrected chi connectivity index (χ3v) is 2.45. The Labute approximate surface area is 87.4 Å². The molecule has 0 aromatic carbocycles. The molecule has 0 spiro atoms. The summed E-state index contributed by atoms with van der Waals surface area (Å²) in [5.74, 6) is 0.804. The van der Waals surface area contributed by atoms with E-state index in [1.165, 1.54) is 0 Å². The normalized spacial score (nSPS) is 14.9. The third-order valence-electron chi connectivity index (χ3n) is 2.45. The molecule has 0 rings (SSSR count). The molecule has 0 aliphatic carbocycles. The van der Waals surface area contributed by atoms with Crippen LogP contribution in [0.2, 0.25) is 0 Å². The molecule has 0 saturated carbocycles. The lowest BCUT2D eigenvalue weighted by Crippen LogP contribution is -2.33. The van der Waals surface area contributed by atoms with Gasteiger partial charge in [0.05, 0.1) is 0 Å². The van der Waals surface area contributed by atoms with Crippen LogP contribution in [0.15, 0.2) is 0 Å². The maximum Gasteiger partial charge on any atom is 0.222 e. The van der Waals surface area contributed by atoms with Crippen molar-refractivity contribution >= 4 is 5.91 Å². The topological polar surface area (TPSA) is 55.1 Å². The van der Waals surface area contributed by atoms with Gasteiger partial charge < -0.3 is 11.1 Å². The maximum absolute atomic E-state index is 11.5. The SMILES string of the molecule is CCCC(C)C(=O)NCC(C)CCN. The lowest BCUT2D eigenvalue weighted by Gasteiger charge is -2.14. The van der Waals surface area contributed by atoms with Crippen molar-refractivity contribution in [2.24, 2.45) is 17.6 Å². The van der Waals surface area contributed by atoms with Crippen molar-refractivity contribution in [2.45, 2.75) is 40.0 Å². The lowest BCUT2D eigenvalue weighted by atomic mass is 10.0. The fourth-order valence-electron chi connectivity index (χ4n) is 1.40. The lowest BCUT2D eigenvalue weighted by molar-refractivity contribution is -0.124. The minimum atomic E-state index is 0.144. The van der Waals surface area contributed by atoms with E-state index in [2.05, 4.69) is 19.2 Å². The van der Waals surface area contributed by atoms with Crippen LogP contribution >= 0.6 is 0 Å². The number of carbonyl (C=O) groups is 1. The van der Waals surface area contributed by atoms with E-state index in [1.807, 2.05) is 6.92 Å². The van der Waals surface area contributed by atoms with Gasteiger partial charge in [-0.05, 0) is 25.3 Å². The quantitative estimate of drug-likeness (QED) is 0.654. The van der Waals surface area contributed by atoms with Crippen molar-refractivity contribution in [3.8, 4) is 0 Å². The van der Waals surface area contributed by atoms with Crippen LogP contribution in [0, 0.1) is 11.8 Å². The number of amides is 1. The number of carbonyl (C=O) groups excluding carboxylic acids is 1. The van der Waals surface area contributed by atoms with Crippen LogP contribution in [0.4, 0.5) is 0 Å². The first-order chi connectivity index (χ1) is 6.61. The van der Waals surface area contributed by atoms with Crippen LogP contribution in [-0.4, -0.2) is 19.0 Å². The van der Waals surface area contributed by atoms with Crippen molar-refractivity contribution in [1.29, 1.82) is 0 Å². The summed E-state index contributed by atoms with van der Waals surface area (Å²) in [6.45, 7) is 7.64. The number of nitrogens with two attached hydrogens (primary N) is 1. The Kier molecular flexibility index (Phi) is 7.48. The van der Waals surface area contributed by atoms with Gasteiger partial charge in [0.1, 0.15) is 0 Å². The van der Waals surface area contributed by atoms with E-state index < -0.39 is 0 Å². The molecule has 2 unspecified atom stereocenters. The summed E-state index contributed by atoms with van der Waals surface area (Å²) < 4.78 is 0. The fraction of sp³-hybridized carbons (Fsp3) is 0.909. The molecule has 84 valence electrons. The molecular weight excluding hydrogens is 176 g/mol. The van der Waals surface area contributed by atoms with Gasteiger partial charge in [-0.3, -0.25) is 4.79 Å². The Morgan fingerprint density at radius 1 is 1.36 bits per heavy atom. The summed E-state index contributed by atoms with van der Waals surface area (Å²) in [6, 6.07) is 0. The first-order valence-corrected chi connectivity index (χ1v) is 5.59. The van der Waals surface area contributed by atoms with Gasteiger partial charge in [0.25, 0.3) is 0 Å². The van der Waals surface area contributed by atoms with Gasteiger partial charge in [-0.25, -0.2) is 0 Å². The van der Waals surface area contributed by atoms with Crippen LogP contribution in [0.3, 0.4) is 0 Å². The van der Waals surface area contributed by atoms with Gasteiger partial charge in [0.2, 0.25) is 5.91 Å². The van der Waals surface area contributed by atoms with Crippen molar-refractivity contribution in [3.63, 3.8) is 0 Å². The zero-order valence-corrected chi connectivity index (χ0v) is 9.68. The minimum absolute atomic E-state index is 0.144. The summed E-state index contributed by atoms with van der Waals surface area (Å²) in [5.41, 5.74) is 5.43. The first kappa shape index (κ1) is 13.4. The zero-order chi connectivity index (χ0) is 11.0. The Morgan fingerprint density at radius 2 is 2.00 bits per heavy atom. The van der Waals surface area contributed by atoms with Gasteiger partial charge >= 0.3 is 0 Å². The average molecular weight is 200 g/mol. The second kappa shape index (κ2) is 7.80. The van der Waals surface area contributed by atoms with E-state index in [4.69, 9.17) is 5.73 Å². The van der Waals surface area contributed by atoms with E-state index in [0.717, 1.165) is 25.8 Å². The molecule has 0 heterocycles. The molecule has 0 aliphatic rings. The molecule has 0 aromatic rings. The van der Waals surface area contributed by atoms with E-state index in [1.54, 1.807) is 0 Å². The second-order valence-corrected chi connectivity index (χ2v) is 4.12. The second-order valence-electron chi connectivity index (χ2n) is 4.12. The predicted molar refractivity (Wildman–Crippen MR) is 59.9 cm³/mol. The molecule has 3 nitrogen and oxygen atoms in total. The third kappa shape index (κ3) is 5.97. The van der Waals surface area contributed by atoms with Gasteiger partial charge in [-0.1, -0.05) is 27.2 Å². The highest BCUT2D eigenvalue weighted by Gasteiger charge is 2.11. The highest BCUT2D eigenvalue weighted by molar-refractivity contribution is 5.78. The van der Waals surface area contributed by atoms with Crippen LogP contribution in [0.1, 0.15) is 40.0 Å². The molecule has 0 aliphatic heterocycles. The predicted octanol–water partition coefficient (Wildman–Crippen LogP) is 1.52. The van der Waals surface area contributed by atoms with Gasteiger partial charge in [-0.15, -0.1) is 0 Å². The monoisotopic (exact) mass is 200 g/mol. The molecule has 3 heteroatoms. The number of rotatable bonds is 7. The van der Waals surface area contributed by atoms with E-state index in [-0.39, 0.29) is 11.8 Å². The van der Waals surface area contributed by atoms with E-state index in [9.17, 15) is 4.79 Å². The maximum atomic E-state index is 11.5. The molecule has 0 aromatic heterocycles. The Hall–Kier alpha value is -0.570. The summed E-state index contributed by atoms with van der Waals surface area (Å²) in [4.78, 5) is 11.5. The molecule has 14 heavy (non-hydrogen) atoms. The summed E-state index contributed by atoms with van der Waals surface area (Å²) in [5, 5.41) is 2.96. The Morgan fingerprint density at radius 3 is 2.50 bits per heavy atom. The van der Waals surface area contributed by atoms with Gasteiger partial charge in [0, 0.05) is 12.5 Å². The van der Waals surface area contributed by atoms with Crippen LogP contribution in [0.25, 0.3) is 0 Å². The highest BCUT2D eigenvalue weighted by atomic mass is 16.1. The first-order valence-electron chi connectivity index (χ1n) is 5.59. The van der Waals surface area contributed by atoms with Gasteiger partial charge in [-0.2, -0.15) is 0 Å². The van der Waals surface area contributed by atoms with Crippen molar-refractivity contribution in [3.05, 3.63) is 0 Å². The Bertz CT molecular complexity index is 159. The largest absolute Gasteiger partial charge is 0.356 e. The molecule has 1 amide bonds. The standard InChI is InChI=1S/C11H24N2O/c1-4-5-10(3)11(14)13-8-9(2)6-7-12/h9-10H,4-8,12H2,1-3H3,(H,13,14). The summed E-state index contributed by atoms with van der Waals surface area (Å²) in [6.07, 6.45) is 3.01. The minimum Gasteiger partial charge on any atom is -0.356 e. The molecular formula is C11H24N2O. The van der Waals surface area contributed by atoms with Gasteiger partial charge in [0.15, 0.2) is 0 Å². The molecule has 2 atom stereocenters. The molecule has 0 saturated heterocycles. The molecule has 0 fully saturated rings. The molecule has 0 bridgehead atoms. The van der Waals surface area contributed by atoms with Crippen molar-refractivity contribution in [1.82, 2.24) is 5.32 Å². The van der Waals surface area contributed by atoms with E-state index >= 15 is 0 Å². The van der Waals surface area contributed by atoms with Crippen LogP contribution in [-0.2, 0) is 4.79 Å².